The van der Waals surface area contributed by atoms with Crippen LogP contribution in [0, 0.1) is 5.92 Å². The van der Waals surface area contributed by atoms with Crippen LogP contribution in [0.4, 0.5) is 0 Å². The van der Waals surface area contributed by atoms with Crippen molar-refractivity contribution in [3.05, 3.63) is 42.5 Å². The van der Waals surface area contributed by atoms with Crippen LogP contribution in [0.1, 0.15) is 45.9 Å². The number of benzene rings is 1. The first-order valence-corrected chi connectivity index (χ1v) is 9.01. The maximum absolute atomic E-state index is 4.31. The van der Waals surface area contributed by atoms with Crippen molar-refractivity contribution >= 4 is 5.96 Å². The maximum Gasteiger partial charge on any atom is 0.191 e. The van der Waals surface area contributed by atoms with E-state index >= 15 is 0 Å². The van der Waals surface area contributed by atoms with Gasteiger partial charge < -0.3 is 10.6 Å². The molecule has 2 rings (SSSR count). The van der Waals surface area contributed by atoms with Gasteiger partial charge in [-0.15, -0.1) is 10.2 Å². The number of aromatic nitrogens is 3. The number of hydrogen-bond donors (Lipinski definition) is 2. The van der Waals surface area contributed by atoms with E-state index in [0.717, 1.165) is 29.8 Å². The second-order valence-electron chi connectivity index (χ2n) is 6.75. The molecular weight excluding hydrogens is 312 g/mol. The molecule has 0 saturated carbocycles. The Morgan fingerprint density at radius 1 is 1.16 bits per heavy atom. The van der Waals surface area contributed by atoms with Crippen LogP contribution in [0.25, 0.3) is 5.69 Å². The summed E-state index contributed by atoms with van der Waals surface area (Å²) in [4.78, 5) is 4.31. The molecule has 0 aliphatic carbocycles. The molecular formula is C19H30N6. The molecule has 0 bridgehead atoms. The summed E-state index contributed by atoms with van der Waals surface area (Å²) >= 11 is 0. The Balaban J connectivity index is 1.86. The normalized spacial score (nSPS) is 13.1. The molecule has 6 nitrogen and oxygen atoms in total. The first kappa shape index (κ1) is 19.0. The third-order valence-electron chi connectivity index (χ3n) is 4.09. The zero-order chi connectivity index (χ0) is 18.1. The Labute approximate surface area is 150 Å². The van der Waals surface area contributed by atoms with Crippen molar-refractivity contribution in [2.45, 2.75) is 52.6 Å². The van der Waals surface area contributed by atoms with E-state index in [9.17, 15) is 0 Å². The summed E-state index contributed by atoms with van der Waals surface area (Å²) in [6.45, 7) is 7.29. The van der Waals surface area contributed by atoms with E-state index < -0.39 is 0 Å². The lowest BCUT2D eigenvalue weighted by Gasteiger charge is -2.18. The standard InChI is InChI=1S/C19H30N6/c1-15(2)9-8-10-16(3)23-19(20-4)21-13-18-24-22-14-25(18)17-11-6-5-7-12-17/h5-7,11-12,14-16H,8-10,13H2,1-4H3,(H2,20,21,23). The molecule has 0 aliphatic rings. The average Bonchev–Trinajstić information content (AvgIpc) is 3.07. The fourth-order valence-electron chi connectivity index (χ4n) is 2.68. The fourth-order valence-corrected chi connectivity index (χ4v) is 2.68. The Morgan fingerprint density at radius 3 is 2.60 bits per heavy atom. The number of hydrogen-bond acceptors (Lipinski definition) is 3. The van der Waals surface area contributed by atoms with Gasteiger partial charge in [-0.2, -0.15) is 0 Å². The summed E-state index contributed by atoms with van der Waals surface area (Å²) in [5.41, 5.74) is 1.05. The second-order valence-corrected chi connectivity index (χ2v) is 6.75. The molecule has 1 atom stereocenters. The summed E-state index contributed by atoms with van der Waals surface area (Å²) in [6.07, 6.45) is 5.36. The molecule has 0 fully saturated rings. The van der Waals surface area contributed by atoms with Gasteiger partial charge in [-0.25, -0.2) is 0 Å². The summed E-state index contributed by atoms with van der Waals surface area (Å²) in [7, 11) is 1.79. The van der Waals surface area contributed by atoms with Crippen LogP contribution in [0.15, 0.2) is 41.7 Å². The minimum Gasteiger partial charge on any atom is -0.354 e. The fraction of sp³-hybridized carbons (Fsp3) is 0.526. The van der Waals surface area contributed by atoms with Crippen LogP contribution >= 0.6 is 0 Å². The maximum atomic E-state index is 4.31. The average molecular weight is 342 g/mol. The predicted octanol–water partition coefficient (Wildman–Crippen LogP) is 3.15. The van der Waals surface area contributed by atoms with Gasteiger partial charge in [0.2, 0.25) is 0 Å². The predicted molar refractivity (Wildman–Crippen MR) is 103 cm³/mol. The van der Waals surface area contributed by atoms with Crippen LogP contribution in [0.3, 0.4) is 0 Å². The van der Waals surface area contributed by atoms with Crippen molar-refractivity contribution in [3.63, 3.8) is 0 Å². The lowest BCUT2D eigenvalue weighted by molar-refractivity contribution is 0.491. The van der Waals surface area contributed by atoms with E-state index in [1.807, 2.05) is 34.9 Å². The zero-order valence-corrected chi connectivity index (χ0v) is 15.7. The lowest BCUT2D eigenvalue weighted by atomic mass is 10.0. The number of rotatable bonds is 8. The third-order valence-corrected chi connectivity index (χ3v) is 4.09. The first-order chi connectivity index (χ1) is 12.1. The van der Waals surface area contributed by atoms with Crippen LogP contribution < -0.4 is 10.6 Å². The van der Waals surface area contributed by atoms with Gasteiger partial charge in [0.1, 0.15) is 6.33 Å². The van der Waals surface area contributed by atoms with Crippen LogP contribution in [0.5, 0.6) is 0 Å². The van der Waals surface area contributed by atoms with E-state index in [2.05, 4.69) is 46.6 Å². The lowest BCUT2D eigenvalue weighted by Crippen LogP contribution is -2.42. The number of aliphatic imine (C=N–C) groups is 1. The van der Waals surface area contributed by atoms with Crippen molar-refractivity contribution in [2.24, 2.45) is 10.9 Å². The highest BCUT2D eigenvalue weighted by Crippen LogP contribution is 2.09. The third kappa shape index (κ3) is 6.21. The molecule has 0 amide bonds. The van der Waals surface area contributed by atoms with Gasteiger partial charge in [0, 0.05) is 18.8 Å². The molecule has 0 saturated heterocycles. The van der Waals surface area contributed by atoms with Crippen molar-refractivity contribution < 1.29 is 0 Å². The number of para-hydroxylation sites is 1. The van der Waals surface area contributed by atoms with Crippen molar-refractivity contribution in [1.82, 2.24) is 25.4 Å². The highest BCUT2D eigenvalue weighted by atomic mass is 15.3. The van der Waals surface area contributed by atoms with Crippen molar-refractivity contribution in [2.75, 3.05) is 7.05 Å². The molecule has 2 N–H and O–H groups in total. The molecule has 1 aromatic carbocycles. The SMILES string of the molecule is CN=C(NCc1nncn1-c1ccccc1)NC(C)CCCC(C)C. The van der Waals surface area contributed by atoms with E-state index in [4.69, 9.17) is 0 Å². The van der Waals surface area contributed by atoms with E-state index in [1.165, 1.54) is 12.8 Å². The minimum absolute atomic E-state index is 0.386. The van der Waals surface area contributed by atoms with Gasteiger partial charge in [0.25, 0.3) is 0 Å². The van der Waals surface area contributed by atoms with Crippen LogP contribution in [-0.4, -0.2) is 33.8 Å². The summed E-state index contributed by atoms with van der Waals surface area (Å²) in [5.74, 6) is 2.40. The van der Waals surface area contributed by atoms with Crippen LogP contribution in [-0.2, 0) is 6.54 Å². The monoisotopic (exact) mass is 342 g/mol. The topological polar surface area (TPSA) is 67.1 Å². The molecule has 136 valence electrons. The molecule has 1 aromatic heterocycles. The van der Waals surface area contributed by atoms with Gasteiger partial charge in [-0.05, 0) is 31.4 Å². The molecule has 2 aromatic rings. The van der Waals surface area contributed by atoms with Gasteiger partial charge >= 0.3 is 0 Å². The molecule has 0 aliphatic heterocycles. The Hall–Kier alpha value is -2.37. The molecule has 0 radical (unpaired) electrons. The van der Waals surface area contributed by atoms with Crippen molar-refractivity contribution in [1.29, 1.82) is 0 Å². The molecule has 6 heteroatoms. The molecule has 0 spiro atoms. The Bertz CT molecular complexity index is 647. The summed E-state index contributed by atoms with van der Waals surface area (Å²) in [6, 6.07) is 10.5. The number of guanidine groups is 1. The van der Waals surface area contributed by atoms with E-state index in [0.29, 0.717) is 12.6 Å². The quantitative estimate of drug-likeness (QED) is 0.571. The van der Waals surface area contributed by atoms with E-state index in [-0.39, 0.29) is 0 Å². The number of nitrogens with zero attached hydrogens (tertiary/aromatic N) is 4. The Kier molecular flexibility index (Phi) is 7.44. The van der Waals surface area contributed by atoms with Gasteiger partial charge in [0.15, 0.2) is 11.8 Å². The summed E-state index contributed by atoms with van der Waals surface area (Å²) in [5, 5.41) is 15.0. The van der Waals surface area contributed by atoms with Gasteiger partial charge in [-0.1, -0.05) is 44.9 Å². The summed E-state index contributed by atoms with van der Waals surface area (Å²) < 4.78 is 1.98. The number of nitrogens with one attached hydrogen (secondary N) is 2. The van der Waals surface area contributed by atoms with Gasteiger partial charge in [-0.3, -0.25) is 9.56 Å². The zero-order valence-electron chi connectivity index (χ0n) is 15.7. The molecule has 1 heterocycles. The second kappa shape index (κ2) is 9.81. The Morgan fingerprint density at radius 2 is 1.92 bits per heavy atom. The van der Waals surface area contributed by atoms with Crippen LogP contribution in [0.2, 0.25) is 0 Å². The molecule has 1 unspecified atom stereocenters. The van der Waals surface area contributed by atoms with Crippen molar-refractivity contribution in [3.8, 4) is 5.69 Å². The highest BCUT2D eigenvalue weighted by molar-refractivity contribution is 5.79. The van der Waals surface area contributed by atoms with Gasteiger partial charge in [0.05, 0.1) is 6.54 Å². The minimum atomic E-state index is 0.386. The largest absolute Gasteiger partial charge is 0.354 e. The molecule has 25 heavy (non-hydrogen) atoms. The highest BCUT2D eigenvalue weighted by Gasteiger charge is 2.09. The first-order valence-electron chi connectivity index (χ1n) is 9.01. The smallest absolute Gasteiger partial charge is 0.191 e. The van der Waals surface area contributed by atoms with E-state index in [1.54, 1.807) is 13.4 Å².